The predicted molar refractivity (Wildman–Crippen MR) is 81.8 cm³/mol. The molecule has 1 atom stereocenters. The number of hydrogen-bond donors (Lipinski definition) is 1. The third-order valence-electron chi connectivity index (χ3n) is 2.99. The van der Waals surface area contributed by atoms with Crippen LogP contribution >= 0.6 is 11.8 Å². The second kappa shape index (κ2) is 7.43. The molecular weight excluding hydrogens is 292 g/mol. The fourth-order valence-electron chi connectivity index (χ4n) is 1.93. The Kier molecular flexibility index (Phi) is 5.59. The topological polar surface area (TPSA) is 35.2 Å². The van der Waals surface area contributed by atoms with Gasteiger partial charge in [-0.15, -0.1) is 11.8 Å². The SMILES string of the molecule is COc1ccc(CC(N)CSc2ccc(F)cc2)cc1F. The van der Waals surface area contributed by atoms with Gasteiger partial charge in [0.25, 0.3) is 0 Å². The highest BCUT2D eigenvalue weighted by Crippen LogP contribution is 2.21. The van der Waals surface area contributed by atoms with E-state index in [-0.39, 0.29) is 23.4 Å². The summed E-state index contributed by atoms with van der Waals surface area (Å²) in [5.74, 6) is 0.276. The number of rotatable bonds is 6. The fraction of sp³-hybridized carbons (Fsp3) is 0.250. The average Bonchev–Trinajstić information content (AvgIpc) is 2.47. The molecule has 2 N–H and O–H groups in total. The van der Waals surface area contributed by atoms with Crippen LogP contribution in [0.2, 0.25) is 0 Å². The minimum atomic E-state index is -0.381. The Morgan fingerprint density at radius 3 is 2.48 bits per heavy atom. The van der Waals surface area contributed by atoms with Crippen molar-refractivity contribution in [3.05, 3.63) is 59.7 Å². The molecule has 2 rings (SSSR count). The lowest BCUT2D eigenvalue weighted by atomic mass is 10.1. The minimum Gasteiger partial charge on any atom is -0.494 e. The van der Waals surface area contributed by atoms with Crippen molar-refractivity contribution in [1.82, 2.24) is 0 Å². The van der Waals surface area contributed by atoms with Crippen LogP contribution in [0.25, 0.3) is 0 Å². The Balaban J connectivity index is 1.88. The van der Waals surface area contributed by atoms with Crippen LogP contribution in [0.4, 0.5) is 8.78 Å². The molecule has 2 aromatic rings. The van der Waals surface area contributed by atoms with Crippen LogP contribution < -0.4 is 10.5 Å². The number of ether oxygens (including phenoxy) is 1. The quantitative estimate of drug-likeness (QED) is 0.828. The molecule has 0 spiro atoms. The van der Waals surface area contributed by atoms with E-state index in [1.807, 2.05) is 6.07 Å². The lowest BCUT2D eigenvalue weighted by molar-refractivity contribution is 0.386. The molecule has 0 saturated carbocycles. The summed E-state index contributed by atoms with van der Waals surface area (Å²) in [6.45, 7) is 0. The number of halogens is 2. The molecule has 0 amide bonds. The largest absolute Gasteiger partial charge is 0.494 e. The normalized spacial score (nSPS) is 12.2. The zero-order chi connectivity index (χ0) is 15.2. The number of benzene rings is 2. The van der Waals surface area contributed by atoms with Crippen molar-refractivity contribution in [3.8, 4) is 5.75 Å². The van der Waals surface area contributed by atoms with Crippen molar-refractivity contribution >= 4 is 11.8 Å². The number of hydrogen-bond acceptors (Lipinski definition) is 3. The first-order chi connectivity index (χ1) is 10.1. The first kappa shape index (κ1) is 15.8. The van der Waals surface area contributed by atoms with Crippen LogP contribution in [0.1, 0.15) is 5.56 Å². The molecule has 0 fully saturated rings. The molecule has 5 heteroatoms. The van der Waals surface area contributed by atoms with Crippen LogP contribution in [-0.4, -0.2) is 18.9 Å². The first-order valence-corrected chi connectivity index (χ1v) is 7.53. The lowest BCUT2D eigenvalue weighted by Crippen LogP contribution is -2.25. The van der Waals surface area contributed by atoms with E-state index >= 15 is 0 Å². The Morgan fingerprint density at radius 1 is 1.14 bits per heavy atom. The fourth-order valence-corrected chi connectivity index (χ4v) is 2.79. The summed E-state index contributed by atoms with van der Waals surface area (Å²) in [5.41, 5.74) is 6.89. The van der Waals surface area contributed by atoms with Crippen LogP contribution in [0, 0.1) is 11.6 Å². The summed E-state index contributed by atoms with van der Waals surface area (Å²) in [6, 6.07) is 11.0. The second-order valence-electron chi connectivity index (χ2n) is 4.70. The molecule has 0 radical (unpaired) electrons. The molecule has 0 aliphatic carbocycles. The zero-order valence-electron chi connectivity index (χ0n) is 11.7. The summed E-state index contributed by atoms with van der Waals surface area (Å²) in [7, 11) is 1.43. The Morgan fingerprint density at radius 2 is 1.86 bits per heavy atom. The third-order valence-corrected chi connectivity index (χ3v) is 4.19. The van der Waals surface area contributed by atoms with Crippen LogP contribution in [0.5, 0.6) is 5.75 Å². The highest BCUT2D eigenvalue weighted by Gasteiger charge is 2.08. The van der Waals surface area contributed by atoms with Gasteiger partial charge in [-0.1, -0.05) is 6.07 Å². The smallest absolute Gasteiger partial charge is 0.165 e. The molecule has 21 heavy (non-hydrogen) atoms. The summed E-state index contributed by atoms with van der Waals surface area (Å²) < 4.78 is 31.3. The van der Waals surface area contributed by atoms with Crippen LogP contribution in [0.15, 0.2) is 47.4 Å². The van der Waals surface area contributed by atoms with Gasteiger partial charge in [0.15, 0.2) is 11.6 Å². The van der Waals surface area contributed by atoms with Gasteiger partial charge in [0.1, 0.15) is 5.82 Å². The van der Waals surface area contributed by atoms with Gasteiger partial charge >= 0.3 is 0 Å². The van der Waals surface area contributed by atoms with Gasteiger partial charge in [0.05, 0.1) is 7.11 Å². The van der Waals surface area contributed by atoms with E-state index in [4.69, 9.17) is 10.5 Å². The van der Waals surface area contributed by atoms with E-state index < -0.39 is 0 Å². The molecular formula is C16H17F2NOS. The standard InChI is InChI=1S/C16H17F2NOS/c1-20-16-7-2-11(9-15(16)18)8-13(19)10-21-14-5-3-12(17)4-6-14/h2-7,9,13H,8,10,19H2,1H3. The van der Waals surface area contributed by atoms with E-state index in [0.717, 1.165) is 10.5 Å². The van der Waals surface area contributed by atoms with Gasteiger partial charge in [0, 0.05) is 16.7 Å². The van der Waals surface area contributed by atoms with Gasteiger partial charge in [-0.05, 0) is 48.4 Å². The van der Waals surface area contributed by atoms with Gasteiger partial charge in [-0.25, -0.2) is 8.78 Å². The highest BCUT2D eigenvalue weighted by molar-refractivity contribution is 7.99. The molecule has 0 aliphatic heterocycles. The number of methoxy groups -OCH3 is 1. The molecule has 0 bridgehead atoms. The summed E-state index contributed by atoms with van der Waals surface area (Å²) in [4.78, 5) is 0.966. The summed E-state index contributed by atoms with van der Waals surface area (Å²) >= 11 is 1.56. The Labute approximate surface area is 127 Å². The monoisotopic (exact) mass is 309 g/mol. The molecule has 2 nitrogen and oxygen atoms in total. The number of thioether (sulfide) groups is 1. The average molecular weight is 309 g/mol. The van der Waals surface area contributed by atoms with Crippen molar-refractivity contribution in [2.45, 2.75) is 17.4 Å². The van der Waals surface area contributed by atoms with E-state index in [1.54, 1.807) is 30.0 Å². The molecule has 1 unspecified atom stereocenters. The van der Waals surface area contributed by atoms with Gasteiger partial charge in [-0.2, -0.15) is 0 Å². The minimum absolute atomic E-state index is 0.104. The molecule has 0 saturated heterocycles. The van der Waals surface area contributed by atoms with Crippen molar-refractivity contribution in [2.24, 2.45) is 5.73 Å². The second-order valence-corrected chi connectivity index (χ2v) is 5.79. The molecule has 2 aromatic carbocycles. The highest BCUT2D eigenvalue weighted by atomic mass is 32.2. The first-order valence-electron chi connectivity index (χ1n) is 6.55. The Bertz CT molecular complexity index is 589. The third kappa shape index (κ3) is 4.72. The summed E-state index contributed by atoms with van der Waals surface area (Å²) in [6.07, 6.45) is 0.578. The number of nitrogens with two attached hydrogens (primary N) is 1. The maximum absolute atomic E-state index is 13.6. The lowest BCUT2D eigenvalue weighted by Gasteiger charge is -2.12. The van der Waals surface area contributed by atoms with Crippen molar-refractivity contribution < 1.29 is 13.5 Å². The summed E-state index contributed by atoms with van der Waals surface area (Å²) in [5, 5.41) is 0. The van der Waals surface area contributed by atoms with Crippen molar-refractivity contribution in [2.75, 3.05) is 12.9 Å². The molecule has 112 valence electrons. The van der Waals surface area contributed by atoms with E-state index in [9.17, 15) is 8.78 Å². The maximum atomic E-state index is 13.6. The predicted octanol–water partition coefficient (Wildman–Crippen LogP) is 3.64. The maximum Gasteiger partial charge on any atom is 0.165 e. The van der Waals surface area contributed by atoms with Gasteiger partial charge in [0.2, 0.25) is 0 Å². The van der Waals surface area contributed by atoms with Crippen LogP contribution in [0.3, 0.4) is 0 Å². The van der Waals surface area contributed by atoms with E-state index in [0.29, 0.717) is 12.2 Å². The zero-order valence-corrected chi connectivity index (χ0v) is 12.5. The van der Waals surface area contributed by atoms with Gasteiger partial charge in [-0.3, -0.25) is 0 Å². The molecule has 0 aromatic heterocycles. The Hall–Kier alpha value is -1.59. The van der Waals surface area contributed by atoms with Crippen molar-refractivity contribution in [1.29, 1.82) is 0 Å². The molecule has 0 aliphatic rings. The van der Waals surface area contributed by atoms with E-state index in [2.05, 4.69) is 0 Å². The van der Waals surface area contributed by atoms with E-state index in [1.165, 1.54) is 25.3 Å². The molecule has 0 heterocycles. The van der Waals surface area contributed by atoms with Gasteiger partial charge < -0.3 is 10.5 Å². The van der Waals surface area contributed by atoms with Crippen LogP contribution in [-0.2, 0) is 6.42 Å². The van der Waals surface area contributed by atoms with Crippen molar-refractivity contribution in [3.63, 3.8) is 0 Å².